The highest BCUT2D eigenvalue weighted by Gasteiger charge is 2.72. The highest BCUT2D eigenvalue weighted by atomic mass is 32.2. The van der Waals surface area contributed by atoms with E-state index in [0.29, 0.717) is 13.1 Å². The van der Waals surface area contributed by atoms with Gasteiger partial charge in [0.25, 0.3) is 5.91 Å². The Bertz CT molecular complexity index is 1650. The lowest BCUT2D eigenvalue weighted by molar-refractivity contribution is -0.141. The van der Waals surface area contributed by atoms with Crippen molar-refractivity contribution in [1.29, 1.82) is 0 Å². The zero-order chi connectivity index (χ0) is 30.6. The Kier molecular flexibility index (Phi) is 7.22. The minimum absolute atomic E-state index is 0.119. The smallest absolute Gasteiger partial charge is 0.251 e. The molecule has 4 aliphatic heterocycles. The molecule has 7 nitrogen and oxygen atoms in total. The van der Waals surface area contributed by atoms with E-state index in [-0.39, 0.29) is 29.6 Å². The second-order valence-corrected chi connectivity index (χ2v) is 13.5. The number of hydrogen-bond acceptors (Lipinski definition) is 5. The molecule has 6 atom stereocenters. The van der Waals surface area contributed by atoms with Crippen LogP contribution in [0.25, 0.3) is 0 Å². The van der Waals surface area contributed by atoms with Crippen LogP contribution in [0.15, 0.2) is 103 Å². The number of aryl methyl sites for hydroxylation is 2. The third kappa shape index (κ3) is 4.26. The van der Waals surface area contributed by atoms with E-state index in [9.17, 15) is 14.7 Å². The van der Waals surface area contributed by atoms with E-state index in [4.69, 9.17) is 0 Å². The van der Waals surface area contributed by atoms with Crippen LogP contribution in [-0.4, -0.2) is 63.5 Å². The maximum Gasteiger partial charge on any atom is 0.251 e. The molecular weight excluding hydrogens is 570 g/mol. The third-order valence-electron chi connectivity index (χ3n) is 9.57. The molecule has 44 heavy (non-hydrogen) atoms. The molecule has 8 heteroatoms. The molecule has 0 saturated carbocycles. The topological polar surface area (TPSA) is 81.2 Å². The van der Waals surface area contributed by atoms with Gasteiger partial charge in [-0.2, -0.15) is 0 Å². The molecule has 1 N–H and O–H groups in total. The number of hydrogen-bond donors (Lipinski definition) is 1. The molecule has 0 bridgehead atoms. The van der Waals surface area contributed by atoms with Crippen molar-refractivity contribution in [3.8, 4) is 0 Å². The van der Waals surface area contributed by atoms with Gasteiger partial charge in [0, 0.05) is 29.7 Å². The van der Waals surface area contributed by atoms with Gasteiger partial charge >= 0.3 is 0 Å². The zero-order valence-electron chi connectivity index (χ0n) is 24.7. The van der Waals surface area contributed by atoms with Crippen molar-refractivity contribution in [2.24, 2.45) is 11.8 Å². The number of fused-ring (bicyclic) bond motifs is 2. The average Bonchev–Trinajstić information content (AvgIpc) is 3.35. The highest BCUT2D eigenvalue weighted by molar-refractivity contribution is 8.02. The first kappa shape index (κ1) is 28.6. The molecular formula is C36H35N3O4S. The van der Waals surface area contributed by atoms with Gasteiger partial charge in [-0.3, -0.25) is 14.4 Å². The van der Waals surface area contributed by atoms with Gasteiger partial charge in [0.05, 0.1) is 29.2 Å². The number of carbonyl (C=O) groups is 3. The van der Waals surface area contributed by atoms with Crippen molar-refractivity contribution in [3.63, 3.8) is 0 Å². The second kappa shape index (κ2) is 11.1. The third-order valence-corrected chi connectivity index (χ3v) is 11.3. The number of anilines is 2. The van der Waals surface area contributed by atoms with E-state index in [1.807, 2.05) is 117 Å². The molecule has 3 amide bonds. The summed E-state index contributed by atoms with van der Waals surface area (Å²) in [5.41, 5.74) is 4.30. The Morgan fingerprint density at radius 1 is 0.818 bits per heavy atom. The van der Waals surface area contributed by atoms with Crippen LogP contribution in [0.1, 0.15) is 22.7 Å². The number of carbonyl (C=O) groups excluding carboxylic acids is 3. The van der Waals surface area contributed by atoms with Gasteiger partial charge in [-0.1, -0.05) is 91.0 Å². The monoisotopic (exact) mass is 605 g/mol. The molecule has 1 unspecified atom stereocenters. The molecule has 0 radical (unpaired) electrons. The van der Waals surface area contributed by atoms with E-state index >= 15 is 4.79 Å². The first-order valence-electron chi connectivity index (χ1n) is 15.1. The average molecular weight is 606 g/mol. The van der Waals surface area contributed by atoms with Gasteiger partial charge in [-0.05, 0) is 42.7 Å². The lowest BCUT2D eigenvalue weighted by atomic mass is 9.78. The summed E-state index contributed by atoms with van der Waals surface area (Å²) in [4.78, 5) is 49.5. The second-order valence-electron chi connectivity index (χ2n) is 12.0. The van der Waals surface area contributed by atoms with Crippen molar-refractivity contribution in [3.05, 3.63) is 120 Å². The number of amides is 3. The largest absolute Gasteiger partial charge is 0.394 e. The summed E-state index contributed by atoms with van der Waals surface area (Å²) in [6.45, 7) is 4.40. The van der Waals surface area contributed by atoms with Crippen LogP contribution in [-0.2, 0) is 14.4 Å². The fourth-order valence-corrected chi connectivity index (χ4v) is 9.71. The minimum atomic E-state index is -0.989. The molecule has 0 aromatic heterocycles. The van der Waals surface area contributed by atoms with E-state index in [2.05, 4.69) is 0 Å². The molecule has 3 aromatic carbocycles. The van der Waals surface area contributed by atoms with Crippen LogP contribution in [0, 0.1) is 25.7 Å². The van der Waals surface area contributed by atoms with Crippen LogP contribution in [0.3, 0.4) is 0 Å². The summed E-state index contributed by atoms with van der Waals surface area (Å²) in [6.07, 6.45) is 8.07. The van der Waals surface area contributed by atoms with E-state index in [1.54, 1.807) is 26.5 Å². The summed E-state index contributed by atoms with van der Waals surface area (Å²) in [5, 5.41) is 10.6. The van der Waals surface area contributed by atoms with Crippen LogP contribution in [0.2, 0.25) is 0 Å². The minimum Gasteiger partial charge on any atom is -0.394 e. The number of benzene rings is 3. The maximum absolute atomic E-state index is 15.0. The van der Waals surface area contributed by atoms with Crippen molar-refractivity contribution in [2.75, 3.05) is 29.5 Å². The fraction of sp³-hybridized carbons (Fsp3) is 0.306. The molecule has 2 fully saturated rings. The normalized spacial score (nSPS) is 28.4. The number of rotatable bonds is 5. The summed E-state index contributed by atoms with van der Waals surface area (Å²) in [7, 11) is 0. The maximum atomic E-state index is 15.0. The summed E-state index contributed by atoms with van der Waals surface area (Å²) in [5.74, 6) is -2.03. The van der Waals surface area contributed by atoms with Crippen molar-refractivity contribution >= 4 is 40.9 Å². The van der Waals surface area contributed by atoms with E-state index in [0.717, 1.165) is 28.1 Å². The predicted molar refractivity (Wildman–Crippen MR) is 173 cm³/mol. The van der Waals surface area contributed by atoms with Crippen LogP contribution >= 0.6 is 11.8 Å². The molecule has 224 valence electrons. The van der Waals surface area contributed by atoms with Crippen LogP contribution < -0.4 is 9.80 Å². The van der Waals surface area contributed by atoms with Crippen molar-refractivity contribution in [1.82, 2.24) is 4.90 Å². The first-order chi connectivity index (χ1) is 21.4. The first-order valence-corrected chi connectivity index (χ1v) is 16.0. The number of para-hydroxylation sites is 2. The standard InChI is InChI=1S/C36H35N3O4S/c1-23-12-9-13-24(2)31(23)38-21-11-19-36-30(29-28(44-36)18-10-20-37(33(29)41)26-16-7-4-8-17-26)34(42)39(32(36)35(38)43)27(22-40)25-14-5-3-6-15-25/h3-19,27-30,32,40H,20-22H2,1-2H3/t27-,28-,29+,30+,32?,36+/m1/s1. The lowest BCUT2D eigenvalue weighted by Crippen LogP contribution is -2.54. The van der Waals surface area contributed by atoms with Crippen molar-refractivity contribution in [2.45, 2.75) is 35.9 Å². The van der Waals surface area contributed by atoms with Gasteiger partial charge in [0.2, 0.25) is 11.8 Å². The number of thioether (sulfide) groups is 1. The van der Waals surface area contributed by atoms with Crippen LogP contribution in [0.5, 0.6) is 0 Å². The number of likely N-dealkylation sites (tertiary alicyclic amines) is 1. The van der Waals surface area contributed by atoms with E-state index < -0.39 is 28.7 Å². The number of nitrogens with zero attached hydrogens (tertiary/aromatic N) is 3. The molecule has 4 heterocycles. The number of aliphatic hydroxyl groups excluding tert-OH is 1. The summed E-state index contributed by atoms with van der Waals surface area (Å²) in [6, 6.07) is 23.2. The number of aliphatic hydroxyl groups is 1. The van der Waals surface area contributed by atoms with Gasteiger partial charge in [-0.15, -0.1) is 11.8 Å². The molecule has 0 aliphatic carbocycles. The SMILES string of the molecule is Cc1cccc(C)c1N1CC=C[C@]23S[C@@H]4C=CCN(c5ccccc5)C(=O)[C@@H]4[C@H]2C(=O)N([C@H](CO)c2ccccc2)C3C1=O. The Morgan fingerprint density at radius 2 is 1.48 bits per heavy atom. The Labute approximate surface area is 261 Å². The van der Waals surface area contributed by atoms with Crippen molar-refractivity contribution < 1.29 is 19.5 Å². The van der Waals surface area contributed by atoms with Gasteiger partial charge < -0.3 is 19.8 Å². The van der Waals surface area contributed by atoms with E-state index in [1.165, 1.54) is 0 Å². The lowest BCUT2D eigenvalue weighted by Gasteiger charge is -2.39. The summed E-state index contributed by atoms with van der Waals surface area (Å²) >= 11 is 1.55. The van der Waals surface area contributed by atoms with Gasteiger partial charge in [-0.25, -0.2) is 0 Å². The fourth-order valence-electron chi connectivity index (χ4n) is 7.71. The molecule has 4 aliphatic rings. The molecule has 1 spiro atoms. The Hall–Kier alpha value is -4.14. The Morgan fingerprint density at radius 3 is 2.16 bits per heavy atom. The summed E-state index contributed by atoms with van der Waals surface area (Å²) < 4.78 is -0.989. The highest BCUT2D eigenvalue weighted by Crippen LogP contribution is 2.62. The predicted octanol–water partition coefficient (Wildman–Crippen LogP) is 4.84. The molecule has 7 rings (SSSR count). The van der Waals surface area contributed by atoms with Gasteiger partial charge in [0.1, 0.15) is 6.04 Å². The Balaban J connectivity index is 1.39. The van der Waals surface area contributed by atoms with Gasteiger partial charge in [0.15, 0.2) is 0 Å². The van der Waals surface area contributed by atoms with Crippen LogP contribution in [0.4, 0.5) is 11.4 Å². The zero-order valence-corrected chi connectivity index (χ0v) is 25.6. The molecule has 3 aromatic rings. The quantitative estimate of drug-likeness (QED) is 0.421. The molecule has 2 saturated heterocycles.